The van der Waals surface area contributed by atoms with E-state index in [1.54, 1.807) is 0 Å². The van der Waals surface area contributed by atoms with Crippen molar-refractivity contribution in [1.82, 2.24) is 0 Å². The summed E-state index contributed by atoms with van der Waals surface area (Å²) in [6.07, 6.45) is 0. The molecule has 14 heavy (non-hydrogen) atoms. The Bertz CT molecular complexity index is 280. The normalized spacial score (nSPS) is 13.0. The summed E-state index contributed by atoms with van der Waals surface area (Å²) in [5.74, 6) is 0. The number of rotatable bonds is 0. The van der Waals surface area contributed by atoms with Gasteiger partial charge in [-0.15, -0.1) is 0 Å². The monoisotopic (exact) mass is 209 g/mol. The van der Waals surface area contributed by atoms with E-state index >= 15 is 0 Å². The van der Waals surface area contributed by atoms with Crippen LogP contribution in [0.15, 0.2) is 17.5 Å². The quantitative estimate of drug-likeness (QED) is 0.547. The molecule has 0 aliphatic carbocycles. The van der Waals surface area contributed by atoms with Gasteiger partial charge in [0.05, 0.1) is 0 Å². The summed E-state index contributed by atoms with van der Waals surface area (Å²) in [6.45, 7) is 13.7. The van der Waals surface area contributed by atoms with Crippen molar-refractivity contribution in [2.24, 2.45) is 0 Å². The zero-order valence-electron chi connectivity index (χ0n) is 10.1. The van der Waals surface area contributed by atoms with E-state index in [9.17, 15) is 0 Å². The van der Waals surface area contributed by atoms with Gasteiger partial charge >= 0.3 is 0 Å². The van der Waals surface area contributed by atoms with Gasteiger partial charge in [-0.1, -0.05) is 41.5 Å². The second-order valence-corrected chi connectivity index (χ2v) is 6.77. The van der Waals surface area contributed by atoms with Crippen molar-refractivity contribution in [3.05, 3.63) is 28.0 Å². The lowest BCUT2D eigenvalue weighted by atomic mass is 9.80. The van der Waals surface area contributed by atoms with Crippen LogP contribution in [0.5, 0.6) is 0 Å². The Labute approximate surface area is 92.0 Å². The van der Waals surface area contributed by atoms with E-state index in [0.29, 0.717) is 0 Å². The second kappa shape index (κ2) is 3.62. The maximum absolute atomic E-state index is 2.29. The summed E-state index contributed by atoms with van der Waals surface area (Å²) in [5, 5.41) is 2.18. The molecule has 0 fully saturated rings. The van der Waals surface area contributed by atoms with E-state index in [4.69, 9.17) is 0 Å². The Morgan fingerprint density at radius 3 is 1.86 bits per heavy atom. The average Bonchev–Trinajstić information content (AvgIpc) is 2.01. The number of hydrogen-bond donors (Lipinski definition) is 0. The molecule has 0 saturated carbocycles. The smallest absolute Gasteiger partial charge is 0.0559 e. The van der Waals surface area contributed by atoms with E-state index in [-0.39, 0.29) is 10.8 Å². The predicted octanol–water partition coefficient (Wildman–Crippen LogP) is 4.62. The van der Waals surface area contributed by atoms with Crippen LogP contribution in [-0.4, -0.2) is 0 Å². The van der Waals surface area contributed by atoms with E-state index < -0.39 is 0 Å². The highest BCUT2D eigenvalue weighted by Gasteiger charge is 2.32. The maximum Gasteiger partial charge on any atom is 0.216 e. The molecular formula is C13H21S+. The van der Waals surface area contributed by atoms with Crippen molar-refractivity contribution in [2.75, 3.05) is 0 Å². The highest BCUT2D eigenvalue weighted by Crippen LogP contribution is 2.35. The molecule has 0 nitrogen and oxygen atoms in total. The highest BCUT2D eigenvalue weighted by molar-refractivity contribution is 7.09. The molecular weight excluding hydrogens is 188 g/mol. The molecule has 0 saturated heterocycles. The molecule has 0 amide bonds. The Morgan fingerprint density at radius 1 is 0.929 bits per heavy atom. The molecule has 1 rings (SSSR count). The fourth-order valence-electron chi connectivity index (χ4n) is 1.55. The molecule has 0 aromatic carbocycles. The Morgan fingerprint density at radius 2 is 1.50 bits per heavy atom. The summed E-state index contributed by atoms with van der Waals surface area (Å²) in [7, 11) is 0. The Balaban J connectivity index is 3.31. The van der Waals surface area contributed by atoms with Gasteiger partial charge in [0.1, 0.15) is 0 Å². The van der Waals surface area contributed by atoms with Gasteiger partial charge in [-0.25, -0.2) is 0 Å². The maximum atomic E-state index is 2.29. The fraction of sp³-hybridized carbons (Fsp3) is 0.615. The van der Waals surface area contributed by atoms with Crippen molar-refractivity contribution in [3.8, 4) is 0 Å². The minimum atomic E-state index is 0.250. The van der Waals surface area contributed by atoms with Crippen LogP contribution < -0.4 is 0 Å². The van der Waals surface area contributed by atoms with Crippen LogP contribution in [0.25, 0.3) is 0 Å². The van der Waals surface area contributed by atoms with Crippen LogP contribution in [0.1, 0.15) is 52.0 Å². The minimum Gasteiger partial charge on any atom is -0.0559 e. The van der Waals surface area contributed by atoms with Gasteiger partial charge in [0, 0.05) is 11.0 Å². The number of hydrogen-bond acceptors (Lipinski definition) is 0. The molecule has 1 heteroatoms. The molecule has 1 aromatic heterocycles. The van der Waals surface area contributed by atoms with Crippen molar-refractivity contribution >= 4 is 11.3 Å². The Kier molecular flexibility index (Phi) is 3.01. The van der Waals surface area contributed by atoms with Crippen molar-refractivity contribution in [1.29, 1.82) is 0 Å². The lowest BCUT2D eigenvalue weighted by Gasteiger charge is -2.23. The molecule has 0 aliphatic heterocycles. The van der Waals surface area contributed by atoms with Crippen LogP contribution in [0.4, 0.5) is 0 Å². The van der Waals surface area contributed by atoms with Crippen molar-refractivity contribution in [3.63, 3.8) is 0 Å². The molecule has 0 radical (unpaired) electrons. The van der Waals surface area contributed by atoms with Gasteiger partial charge in [0.25, 0.3) is 0 Å². The van der Waals surface area contributed by atoms with Gasteiger partial charge in [-0.05, 0) is 17.5 Å². The lowest BCUT2D eigenvalue weighted by Crippen LogP contribution is -2.20. The zero-order chi connectivity index (χ0) is 11.0. The first kappa shape index (κ1) is 11.6. The van der Waals surface area contributed by atoms with Gasteiger partial charge in [-0.2, -0.15) is 0 Å². The van der Waals surface area contributed by atoms with Gasteiger partial charge in [0.2, 0.25) is 16.2 Å². The van der Waals surface area contributed by atoms with Gasteiger partial charge in [-0.3, -0.25) is 0 Å². The van der Waals surface area contributed by atoms with Crippen molar-refractivity contribution in [2.45, 2.75) is 52.4 Å². The third-order valence-corrected chi connectivity index (χ3v) is 3.62. The SMILES string of the molecule is CC(C)(C)c1ccc[s+]c1C(C)(C)C. The molecule has 0 atom stereocenters. The van der Waals surface area contributed by atoms with Crippen molar-refractivity contribution < 1.29 is 0 Å². The van der Waals surface area contributed by atoms with E-state index in [0.717, 1.165) is 0 Å². The first-order valence-electron chi connectivity index (χ1n) is 5.15. The third-order valence-electron chi connectivity index (χ3n) is 2.26. The largest absolute Gasteiger partial charge is 0.216 e. The molecule has 0 aliphatic rings. The predicted molar refractivity (Wildman–Crippen MR) is 66.1 cm³/mol. The molecule has 78 valence electrons. The highest BCUT2D eigenvalue weighted by atomic mass is 32.1. The molecule has 0 spiro atoms. The summed E-state index contributed by atoms with van der Waals surface area (Å²) >= 11 is 1.87. The molecule has 0 N–H and O–H groups in total. The van der Waals surface area contributed by atoms with Gasteiger partial charge in [0.15, 0.2) is 5.38 Å². The second-order valence-electron chi connectivity index (χ2n) is 5.86. The fourth-order valence-corrected chi connectivity index (χ4v) is 2.70. The van der Waals surface area contributed by atoms with E-state index in [1.165, 1.54) is 10.4 Å². The lowest BCUT2D eigenvalue weighted by molar-refractivity contribution is 0.540. The third kappa shape index (κ3) is 2.54. The van der Waals surface area contributed by atoms with E-state index in [1.807, 2.05) is 11.3 Å². The molecule has 1 heterocycles. The minimum absolute atomic E-state index is 0.250. The van der Waals surface area contributed by atoms with E-state index in [2.05, 4.69) is 59.1 Å². The van der Waals surface area contributed by atoms with Crippen LogP contribution in [0.2, 0.25) is 0 Å². The molecule has 0 bridgehead atoms. The summed E-state index contributed by atoms with van der Waals surface area (Å²) in [5.41, 5.74) is 1.99. The zero-order valence-corrected chi connectivity index (χ0v) is 11.0. The standard InChI is InChI=1S/C13H21S/c1-12(2,3)10-8-7-9-14-11(10)13(4,5)6/h7-9H,1-6H3/q+1. The van der Waals surface area contributed by atoms with Crippen LogP contribution in [0.3, 0.4) is 0 Å². The first-order chi connectivity index (χ1) is 6.23. The topological polar surface area (TPSA) is 0 Å². The van der Waals surface area contributed by atoms with Crippen LogP contribution in [-0.2, 0) is 10.8 Å². The molecule has 0 unspecified atom stereocenters. The summed E-state index contributed by atoms with van der Waals surface area (Å²) in [4.78, 5) is 1.51. The van der Waals surface area contributed by atoms with Crippen LogP contribution >= 0.6 is 11.3 Å². The summed E-state index contributed by atoms with van der Waals surface area (Å²) in [6, 6.07) is 4.41. The Hall–Kier alpha value is -0.430. The first-order valence-corrected chi connectivity index (χ1v) is 6.02. The van der Waals surface area contributed by atoms with Gasteiger partial charge < -0.3 is 0 Å². The summed E-state index contributed by atoms with van der Waals surface area (Å²) < 4.78 is 0. The molecule has 1 aromatic rings. The van der Waals surface area contributed by atoms with Crippen LogP contribution in [0, 0.1) is 0 Å². The average molecular weight is 209 g/mol.